The van der Waals surface area contributed by atoms with Crippen molar-refractivity contribution in [2.24, 2.45) is 0 Å². The zero-order valence-electron chi connectivity index (χ0n) is 16.3. The Morgan fingerprint density at radius 1 is 0.935 bits per heavy atom. The van der Waals surface area contributed by atoms with E-state index >= 15 is 0 Å². The van der Waals surface area contributed by atoms with Crippen molar-refractivity contribution in [3.05, 3.63) is 47.5 Å². The first-order chi connectivity index (χ1) is 14.7. The summed E-state index contributed by atoms with van der Waals surface area (Å²) in [4.78, 5) is 12.7. The smallest absolute Gasteiger partial charge is 0.229 e. The van der Waals surface area contributed by atoms with Crippen LogP contribution in [0.1, 0.15) is 28.9 Å². The quantitative estimate of drug-likeness (QED) is 0.386. The number of hydrogen-bond donors (Lipinski definition) is 6. The van der Waals surface area contributed by atoms with Gasteiger partial charge in [-0.3, -0.25) is 4.79 Å². The minimum Gasteiger partial charge on any atom is -0.508 e. The lowest BCUT2D eigenvalue weighted by molar-refractivity contribution is -0.268. The minimum atomic E-state index is -1.59. The molecule has 7 atom stereocenters. The van der Waals surface area contributed by atoms with Gasteiger partial charge in [0.05, 0.1) is 6.10 Å². The number of aliphatic hydroxyl groups is 4. The monoisotopic (exact) mass is 434 g/mol. The molecule has 0 aliphatic carbocycles. The fourth-order valence-corrected chi connectivity index (χ4v) is 3.63. The standard InChI is InChI=1S/C21H22O10/c1-8-15(24)17(26)19(28)21(29-8)30-11-6-12(23)14-13(7-11)31-20(18(27)16(14)25)9-2-4-10(22)5-3-9/h2-8,15,17-24,26-28H,1H3/t8-,15+,17+,18-,19-,20+,21+/m1/s1. The van der Waals surface area contributed by atoms with Crippen LogP contribution in [-0.2, 0) is 4.74 Å². The van der Waals surface area contributed by atoms with Crippen molar-refractivity contribution in [1.82, 2.24) is 0 Å². The SMILES string of the molecule is C[C@H]1O[C@@H](Oc2cc(O)c3c(c2)O[C@@H](c2ccc(O)cc2)[C@H](O)C3=O)[C@H](O)[C@@H](O)[C@H]1O. The third-order valence-electron chi connectivity index (χ3n) is 5.39. The van der Waals surface area contributed by atoms with E-state index in [9.17, 15) is 35.4 Å². The average molecular weight is 434 g/mol. The average Bonchev–Trinajstić information content (AvgIpc) is 2.73. The molecule has 4 rings (SSSR count). The van der Waals surface area contributed by atoms with Gasteiger partial charge in [-0.25, -0.2) is 0 Å². The molecule has 2 heterocycles. The Bertz CT molecular complexity index is 975. The second kappa shape index (κ2) is 7.98. The number of ketones is 1. The van der Waals surface area contributed by atoms with Crippen LogP contribution in [-0.4, -0.2) is 73.2 Å². The number of aliphatic hydroxyl groups excluding tert-OH is 4. The van der Waals surface area contributed by atoms with Gasteiger partial charge >= 0.3 is 0 Å². The number of rotatable bonds is 3. The molecule has 0 saturated carbocycles. The van der Waals surface area contributed by atoms with Crippen molar-refractivity contribution in [3.63, 3.8) is 0 Å². The van der Waals surface area contributed by atoms with E-state index in [-0.39, 0.29) is 22.8 Å². The van der Waals surface area contributed by atoms with Gasteiger partial charge in [0.25, 0.3) is 0 Å². The predicted molar refractivity (Wildman–Crippen MR) is 103 cm³/mol. The lowest BCUT2D eigenvalue weighted by Gasteiger charge is -2.39. The van der Waals surface area contributed by atoms with Gasteiger partial charge in [0.2, 0.25) is 12.1 Å². The van der Waals surface area contributed by atoms with Gasteiger partial charge < -0.3 is 44.8 Å². The van der Waals surface area contributed by atoms with Crippen LogP contribution in [0.15, 0.2) is 36.4 Å². The molecular formula is C21H22O10. The zero-order chi connectivity index (χ0) is 22.4. The summed E-state index contributed by atoms with van der Waals surface area (Å²) < 4.78 is 16.7. The number of benzene rings is 2. The summed E-state index contributed by atoms with van der Waals surface area (Å²) in [5, 5.41) is 60.0. The van der Waals surface area contributed by atoms with Gasteiger partial charge in [-0.15, -0.1) is 0 Å². The fraction of sp³-hybridized carbons (Fsp3) is 0.381. The molecule has 2 aliphatic rings. The molecule has 10 nitrogen and oxygen atoms in total. The van der Waals surface area contributed by atoms with Gasteiger partial charge in [0, 0.05) is 12.1 Å². The van der Waals surface area contributed by atoms with Crippen molar-refractivity contribution >= 4 is 5.78 Å². The highest BCUT2D eigenvalue weighted by atomic mass is 16.7. The Kier molecular flexibility index (Phi) is 5.50. The molecule has 1 fully saturated rings. The molecule has 6 N–H and O–H groups in total. The Morgan fingerprint density at radius 2 is 1.61 bits per heavy atom. The summed E-state index contributed by atoms with van der Waals surface area (Å²) in [5.41, 5.74) is 0.191. The number of hydrogen-bond acceptors (Lipinski definition) is 10. The molecule has 166 valence electrons. The first-order valence-electron chi connectivity index (χ1n) is 9.58. The van der Waals surface area contributed by atoms with Crippen molar-refractivity contribution in [2.45, 2.75) is 49.8 Å². The Balaban J connectivity index is 1.63. The van der Waals surface area contributed by atoms with Crippen molar-refractivity contribution in [3.8, 4) is 23.0 Å². The molecule has 0 radical (unpaired) electrons. The first kappa shape index (κ1) is 21.3. The maximum atomic E-state index is 12.7. The van der Waals surface area contributed by atoms with Gasteiger partial charge in [-0.2, -0.15) is 0 Å². The van der Waals surface area contributed by atoms with Crippen LogP contribution in [0.4, 0.5) is 0 Å². The molecule has 2 aromatic rings. The van der Waals surface area contributed by atoms with Gasteiger partial charge in [-0.1, -0.05) is 12.1 Å². The van der Waals surface area contributed by atoms with Crippen LogP contribution in [0, 0.1) is 0 Å². The molecule has 2 aromatic carbocycles. The molecule has 0 unspecified atom stereocenters. The highest BCUT2D eigenvalue weighted by molar-refractivity contribution is 6.05. The number of Topliss-reactive ketones (excluding diaryl/α,β-unsaturated/α-hetero) is 1. The zero-order valence-corrected chi connectivity index (χ0v) is 16.3. The molecule has 2 aliphatic heterocycles. The maximum Gasteiger partial charge on any atom is 0.229 e. The molecule has 1 saturated heterocycles. The van der Waals surface area contributed by atoms with Crippen LogP contribution < -0.4 is 9.47 Å². The fourth-order valence-electron chi connectivity index (χ4n) is 3.63. The van der Waals surface area contributed by atoms with Gasteiger partial charge in [0.15, 0.2) is 12.2 Å². The second-order valence-electron chi connectivity index (χ2n) is 7.55. The molecule has 0 spiro atoms. The molecule has 10 heteroatoms. The van der Waals surface area contributed by atoms with Gasteiger partial charge in [0.1, 0.15) is 46.9 Å². The summed E-state index contributed by atoms with van der Waals surface area (Å²) in [7, 11) is 0. The van der Waals surface area contributed by atoms with E-state index in [1.54, 1.807) is 0 Å². The van der Waals surface area contributed by atoms with Crippen molar-refractivity contribution in [2.75, 3.05) is 0 Å². The summed E-state index contributed by atoms with van der Waals surface area (Å²) in [5.74, 6) is -1.38. The van der Waals surface area contributed by atoms with Crippen LogP contribution in [0.5, 0.6) is 23.0 Å². The summed E-state index contributed by atoms with van der Waals surface area (Å²) >= 11 is 0. The Labute approximate surface area is 176 Å². The number of carbonyl (C=O) groups excluding carboxylic acids is 1. The molecule has 0 bridgehead atoms. The predicted octanol–water partition coefficient (Wildman–Crippen LogP) is -0.0186. The van der Waals surface area contributed by atoms with Crippen LogP contribution >= 0.6 is 0 Å². The number of phenolic OH excluding ortho intramolecular Hbond substituents is 2. The van der Waals surface area contributed by atoms with Gasteiger partial charge in [-0.05, 0) is 24.6 Å². The Morgan fingerprint density at radius 3 is 2.29 bits per heavy atom. The number of phenols is 2. The summed E-state index contributed by atoms with van der Waals surface area (Å²) in [6.07, 6.45) is -9.25. The second-order valence-corrected chi connectivity index (χ2v) is 7.55. The number of ether oxygens (including phenoxy) is 3. The number of fused-ring (bicyclic) bond motifs is 1. The van der Waals surface area contributed by atoms with E-state index in [0.29, 0.717) is 5.56 Å². The van der Waals surface area contributed by atoms with Crippen molar-refractivity contribution in [1.29, 1.82) is 0 Å². The lowest BCUT2D eigenvalue weighted by Crippen LogP contribution is -2.58. The topological polar surface area (TPSA) is 166 Å². The largest absolute Gasteiger partial charge is 0.508 e. The molecular weight excluding hydrogens is 412 g/mol. The first-order valence-corrected chi connectivity index (χ1v) is 9.58. The third kappa shape index (κ3) is 3.80. The van der Waals surface area contributed by atoms with E-state index in [4.69, 9.17) is 14.2 Å². The van der Waals surface area contributed by atoms with Crippen molar-refractivity contribution < 1.29 is 49.6 Å². The van der Waals surface area contributed by atoms with Crippen LogP contribution in [0.3, 0.4) is 0 Å². The van der Waals surface area contributed by atoms with E-state index in [0.717, 1.165) is 6.07 Å². The number of aromatic hydroxyl groups is 2. The summed E-state index contributed by atoms with van der Waals surface area (Å²) in [6, 6.07) is 8.11. The Hall–Kier alpha value is -2.89. The normalized spacial score (nSPS) is 32.8. The number of carbonyl (C=O) groups is 1. The lowest BCUT2D eigenvalue weighted by atomic mass is 9.93. The third-order valence-corrected chi connectivity index (χ3v) is 5.39. The van der Waals surface area contributed by atoms with E-state index in [1.807, 2.05) is 0 Å². The van der Waals surface area contributed by atoms with E-state index in [1.165, 1.54) is 37.3 Å². The minimum absolute atomic E-state index is 0.00156. The van der Waals surface area contributed by atoms with Crippen LogP contribution in [0.2, 0.25) is 0 Å². The van der Waals surface area contributed by atoms with E-state index in [2.05, 4.69) is 0 Å². The molecule has 31 heavy (non-hydrogen) atoms. The van der Waals surface area contributed by atoms with Crippen LogP contribution in [0.25, 0.3) is 0 Å². The molecule has 0 amide bonds. The van der Waals surface area contributed by atoms with E-state index < -0.39 is 54.4 Å². The summed E-state index contributed by atoms with van der Waals surface area (Å²) in [6.45, 7) is 1.49. The highest BCUT2D eigenvalue weighted by Crippen LogP contribution is 2.42. The maximum absolute atomic E-state index is 12.7. The molecule has 0 aromatic heterocycles. The highest BCUT2D eigenvalue weighted by Gasteiger charge is 2.44.